The van der Waals surface area contributed by atoms with Gasteiger partial charge in [-0.1, -0.05) is 17.7 Å². The number of nitrogens with one attached hydrogen (secondary N) is 1. The molecule has 2 aromatic carbocycles. The summed E-state index contributed by atoms with van der Waals surface area (Å²) in [6, 6.07) is 10.8. The van der Waals surface area contributed by atoms with Crippen molar-refractivity contribution >= 4 is 23.2 Å². The highest BCUT2D eigenvalue weighted by molar-refractivity contribution is 6.31. The molecule has 0 saturated carbocycles. The largest absolute Gasteiger partial charge is 0.495 e. The Morgan fingerprint density at radius 3 is 2.44 bits per heavy atom. The molecule has 0 saturated heterocycles. The highest BCUT2D eigenvalue weighted by Gasteiger charge is 2.10. The normalized spacial score (nSPS) is 10.2. The monoisotopic (exact) mass is 363 g/mol. The maximum Gasteiger partial charge on any atom is 0.224 e. The summed E-state index contributed by atoms with van der Waals surface area (Å²) in [6.07, 6.45) is 0.907. The molecule has 0 aliphatic heterocycles. The van der Waals surface area contributed by atoms with Crippen LogP contribution in [0.2, 0.25) is 5.02 Å². The van der Waals surface area contributed by atoms with Crippen LogP contribution >= 0.6 is 11.6 Å². The minimum Gasteiger partial charge on any atom is -0.495 e. The summed E-state index contributed by atoms with van der Waals surface area (Å²) in [5.74, 6) is 1.81. The molecule has 5 nitrogen and oxygen atoms in total. The van der Waals surface area contributed by atoms with Crippen molar-refractivity contribution in [2.24, 2.45) is 0 Å². The Bertz CT molecular complexity index is 733. The molecule has 0 bridgehead atoms. The third-order valence-electron chi connectivity index (χ3n) is 3.60. The molecular weight excluding hydrogens is 342 g/mol. The maximum absolute atomic E-state index is 12.2. The van der Waals surface area contributed by atoms with Crippen molar-refractivity contribution in [3.8, 4) is 17.2 Å². The summed E-state index contributed by atoms with van der Waals surface area (Å²) in [4.78, 5) is 12.2. The van der Waals surface area contributed by atoms with Gasteiger partial charge in [0, 0.05) is 11.4 Å². The van der Waals surface area contributed by atoms with Crippen LogP contribution in [0.4, 0.5) is 5.69 Å². The molecule has 0 radical (unpaired) electrons. The van der Waals surface area contributed by atoms with Crippen LogP contribution in [0.1, 0.15) is 18.9 Å². The number of carbonyl (C=O) groups is 1. The van der Waals surface area contributed by atoms with E-state index in [1.54, 1.807) is 32.4 Å². The van der Waals surface area contributed by atoms with Gasteiger partial charge < -0.3 is 19.5 Å². The summed E-state index contributed by atoms with van der Waals surface area (Å²) in [6.45, 7) is 2.49. The van der Waals surface area contributed by atoms with Crippen molar-refractivity contribution in [2.45, 2.75) is 19.8 Å². The number of carbonyl (C=O) groups excluding carboxylic acids is 1. The van der Waals surface area contributed by atoms with Crippen molar-refractivity contribution in [2.75, 3.05) is 26.1 Å². The Balaban J connectivity index is 1.99. The standard InChI is InChI=1S/C19H22ClNO4/c1-4-25-17-8-5-13(11-18(17)24-3)6-10-19(22)21-15-12-14(20)7-9-16(15)23-2/h5,7-9,11-12H,4,6,10H2,1-3H3,(H,21,22). The van der Waals surface area contributed by atoms with E-state index in [4.69, 9.17) is 25.8 Å². The number of ether oxygens (including phenoxy) is 3. The molecule has 0 aromatic heterocycles. The van der Waals surface area contributed by atoms with Gasteiger partial charge in [0.15, 0.2) is 11.5 Å². The fraction of sp³-hybridized carbons (Fsp3) is 0.316. The van der Waals surface area contributed by atoms with E-state index in [1.165, 1.54) is 0 Å². The van der Waals surface area contributed by atoms with Crippen molar-refractivity contribution in [1.29, 1.82) is 0 Å². The van der Waals surface area contributed by atoms with Gasteiger partial charge >= 0.3 is 0 Å². The van der Waals surface area contributed by atoms with E-state index < -0.39 is 0 Å². The van der Waals surface area contributed by atoms with Gasteiger partial charge in [-0.3, -0.25) is 4.79 Å². The molecule has 2 rings (SSSR count). The highest BCUT2D eigenvalue weighted by atomic mass is 35.5. The van der Waals surface area contributed by atoms with Crippen LogP contribution < -0.4 is 19.5 Å². The molecule has 6 heteroatoms. The van der Waals surface area contributed by atoms with Crippen LogP contribution in [0, 0.1) is 0 Å². The van der Waals surface area contributed by atoms with Crippen LogP contribution in [0.15, 0.2) is 36.4 Å². The zero-order chi connectivity index (χ0) is 18.2. The lowest BCUT2D eigenvalue weighted by Gasteiger charge is -2.12. The van der Waals surface area contributed by atoms with E-state index in [2.05, 4.69) is 5.32 Å². The van der Waals surface area contributed by atoms with Crippen LogP contribution in [0.25, 0.3) is 0 Å². The molecule has 1 amide bonds. The fourth-order valence-corrected chi connectivity index (χ4v) is 2.56. The summed E-state index contributed by atoms with van der Waals surface area (Å²) in [5.41, 5.74) is 1.55. The second-order valence-corrected chi connectivity index (χ2v) is 5.75. The number of methoxy groups -OCH3 is 2. The fourth-order valence-electron chi connectivity index (χ4n) is 2.39. The number of anilines is 1. The molecule has 0 spiro atoms. The van der Waals surface area contributed by atoms with Gasteiger partial charge in [-0.2, -0.15) is 0 Å². The van der Waals surface area contributed by atoms with Gasteiger partial charge in [0.1, 0.15) is 5.75 Å². The van der Waals surface area contributed by atoms with Crippen molar-refractivity contribution < 1.29 is 19.0 Å². The Morgan fingerprint density at radius 1 is 1.04 bits per heavy atom. The first-order valence-corrected chi connectivity index (χ1v) is 8.38. The topological polar surface area (TPSA) is 56.8 Å². The predicted octanol–water partition coefficient (Wildman–Crippen LogP) is 4.33. The Labute approximate surface area is 152 Å². The number of aryl methyl sites for hydroxylation is 1. The summed E-state index contributed by atoms with van der Waals surface area (Å²) in [5, 5.41) is 3.36. The number of halogens is 1. The van der Waals surface area contributed by atoms with Gasteiger partial charge in [-0.05, 0) is 49.2 Å². The zero-order valence-corrected chi connectivity index (χ0v) is 15.4. The Hall–Kier alpha value is -2.40. The molecule has 25 heavy (non-hydrogen) atoms. The molecule has 134 valence electrons. The molecule has 1 N–H and O–H groups in total. The van der Waals surface area contributed by atoms with E-state index in [-0.39, 0.29) is 5.91 Å². The van der Waals surface area contributed by atoms with Crippen molar-refractivity contribution in [3.05, 3.63) is 47.0 Å². The lowest BCUT2D eigenvalue weighted by Crippen LogP contribution is -2.13. The average Bonchev–Trinajstić information content (AvgIpc) is 2.61. The first kappa shape index (κ1) is 18.9. The molecular formula is C19H22ClNO4. The zero-order valence-electron chi connectivity index (χ0n) is 14.6. The van der Waals surface area contributed by atoms with Gasteiger partial charge in [0.2, 0.25) is 5.91 Å². The smallest absolute Gasteiger partial charge is 0.224 e. The van der Waals surface area contributed by atoms with Crippen LogP contribution in [-0.2, 0) is 11.2 Å². The predicted molar refractivity (Wildman–Crippen MR) is 99.1 cm³/mol. The Kier molecular flexibility index (Phi) is 6.95. The van der Waals surface area contributed by atoms with Crippen molar-refractivity contribution in [1.82, 2.24) is 0 Å². The first-order chi connectivity index (χ1) is 12.1. The lowest BCUT2D eigenvalue weighted by atomic mass is 10.1. The van der Waals surface area contributed by atoms with E-state index in [0.717, 1.165) is 5.56 Å². The van der Waals surface area contributed by atoms with E-state index in [0.29, 0.717) is 47.4 Å². The summed E-state index contributed by atoms with van der Waals surface area (Å²) in [7, 11) is 3.14. The quantitative estimate of drug-likeness (QED) is 0.758. The van der Waals surface area contributed by atoms with Crippen LogP contribution in [0.3, 0.4) is 0 Å². The van der Waals surface area contributed by atoms with E-state index in [9.17, 15) is 4.79 Å². The minimum atomic E-state index is -0.117. The molecule has 0 unspecified atom stereocenters. The molecule has 0 heterocycles. The lowest BCUT2D eigenvalue weighted by molar-refractivity contribution is -0.116. The molecule has 2 aromatic rings. The van der Waals surface area contributed by atoms with E-state index in [1.807, 2.05) is 25.1 Å². The number of amides is 1. The number of rotatable bonds is 8. The summed E-state index contributed by atoms with van der Waals surface area (Å²) < 4.78 is 16.0. The van der Waals surface area contributed by atoms with Gasteiger partial charge in [-0.25, -0.2) is 0 Å². The SMILES string of the molecule is CCOc1ccc(CCC(=O)Nc2cc(Cl)ccc2OC)cc1OC. The first-order valence-electron chi connectivity index (χ1n) is 8.00. The third-order valence-corrected chi connectivity index (χ3v) is 3.84. The second kappa shape index (κ2) is 9.18. The summed E-state index contributed by atoms with van der Waals surface area (Å²) >= 11 is 5.97. The van der Waals surface area contributed by atoms with Crippen molar-refractivity contribution in [3.63, 3.8) is 0 Å². The molecule has 0 atom stereocenters. The third kappa shape index (κ3) is 5.29. The number of benzene rings is 2. The minimum absolute atomic E-state index is 0.117. The van der Waals surface area contributed by atoms with Crippen LogP contribution in [0.5, 0.6) is 17.2 Å². The molecule has 0 aliphatic rings. The number of hydrogen-bond donors (Lipinski definition) is 1. The van der Waals surface area contributed by atoms with Gasteiger partial charge in [-0.15, -0.1) is 0 Å². The maximum atomic E-state index is 12.2. The Morgan fingerprint density at radius 2 is 1.76 bits per heavy atom. The second-order valence-electron chi connectivity index (χ2n) is 5.31. The van der Waals surface area contributed by atoms with E-state index >= 15 is 0 Å². The number of hydrogen-bond acceptors (Lipinski definition) is 4. The van der Waals surface area contributed by atoms with Gasteiger partial charge in [0.25, 0.3) is 0 Å². The average molecular weight is 364 g/mol. The van der Waals surface area contributed by atoms with Crippen LogP contribution in [-0.4, -0.2) is 26.7 Å². The molecule has 0 fully saturated rings. The highest BCUT2D eigenvalue weighted by Crippen LogP contribution is 2.29. The molecule has 0 aliphatic carbocycles. The van der Waals surface area contributed by atoms with Gasteiger partial charge in [0.05, 0.1) is 26.5 Å².